The number of carbonyl (C=O) groups excluding carboxylic acids is 1. The highest BCUT2D eigenvalue weighted by Crippen LogP contribution is 2.36. The van der Waals surface area contributed by atoms with Crippen molar-refractivity contribution < 1.29 is 23.8 Å². The number of hydrogen-bond acceptors (Lipinski definition) is 6. The van der Waals surface area contributed by atoms with Crippen molar-refractivity contribution in [1.29, 1.82) is 0 Å². The Kier molecular flexibility index (Phi) is 3.89. The molecule has 1 fully saturated rings. The Morgan fingerprint density at radius 3 is 3.00 bits per heavy atom. The molecule has 1 atom stereocenters. The van der Waals surface area contributed by atoms with Crippen LogP contribution in [0.15, 0.2) is 23.4 Å². The molecule has 1 spiro atoms. The molecule has 0 radical (unpaired) electrons. The average Bonchev–Trinajstić information content (AvgIpc) is 3.15. The summed E-state index contributed by atoms with van der Waals surface area (Å²) in [4.78, 5) is 16.5. The maximum atomic E-state index is 10.9. The average molecular weight is 306 g/mol. The molecule has 2 N–H and O–H groups in total. The van der Waals surface area contributed by atoms with E-state index in [0.717, 1.165) is 17.7 Å². The molecule has 2 aliphatic heterocycles. The summed E-state index contributed by atoms with van der Waals surface area (Å²) in [6.45, 7) is 1.04. The van der Waals surface area contributed by atoms with Gasteiger partial charge in [0.25, 0.3) is 5.91 Å². The van der Waals surface area contributed by atoms with E-state index < -0.39 is 5.91 Å². The van der Waals surface area contributed by atoms with Crippen LogP contribution in [0.4, 0.5) is 0 Å². The lowest BCUT2D eigenvalue weighted by molar-refractivity contribution is -0.119. The van der Waals surface area contributed by atoms with Gasteiger partial charge in [0.2, 0.25) is 0 Å². The Morgan fingerprint density at radius 1 is 1.45 bits per heavy atom. The topological polar surface area (TPSA) is 92.4 Å². The van der Waals surface area contributed by atoms with Crippen molar-refractivity contribution in [1.82, 2.24) is 0 Å². The first-order chi connectivity index (χ1) is 10.6. The minimum absolute atomic E-state index is 0.208. The summed E-state index contributed by atoms with van der Waals surface area (Å²) in [5, 5.41) is 4.18. The molecular formula is C15H18N2O5. The third-order valence-electron chi connectivity index (χ3n) is 3.77. The van der Waals surface area contributed by atoms with Crippen LogP contribution in [0.25, 0.3) is 0 Å². The second-order valence-electron chi connectivity index (χ2n) is 5.41. The van der Waals surface area contributed by atoms with Gasteiger partial charge in [0.1, 0.15) is 0 Å². The van der Waals surface area contributed by atoms with Gasteiger partial charge >= 0.3 is 0 Å². The van der Waals surface area contributed by atoms with Crippen LogP contribution in [0.1, 0.15) is 18.4 Å². The van der Waals surface area contributed by atoms with Crippen LogP contribution in [-0.4, -0.2) is 44.2 Å². The Bertz CT molecular complexity index is 608. The second-order valence-corrected chi connectivity index (χ2v) is 5.41. The van der Waals surface area contributed by atoms with E-state index in [1.54, 1.807) is 12.1 Å². The van der Waals surface area contributed by atoms with Crippen LogP contribution < -0.4 is 15.2 Å². The van der Waals surface area contributed by atoms with E-state index in [0.29, 0.717) is 31.1 Å². The first kappa shape index (κ1) is 14.6. The molecule has 1 aromatic carbocycles. The van der Waals surface area contributed by atoms with Gasteiger partial charge in [0.15, 0.2) is 23.7 Å². The molecule has 0 aliphatic carbocycles. The summed E-state index contributed by atoms with van der Waals surface area (Å²) < 4.78 is 16.0. The van der Waals surface area contributed by atoms with Gasteiger partial charge in [-0.15, -0.1) is 0 Å². The summed E-state index contributed by atoms with van der Waals surface area (Å²) in [5.41, 5.74) is 6.47. The fourth-order valence-electron chi connectivity index (χ4n) is 2.59. The summed E-state index contributed by atoms with van der Waals surface area (Å²) in [6.07, 6.45) is 1.52. The van der Waals surface area contributed by atoms with E-state index in [2.05, 4.69) is 5.16 Å². The van der Waals surface area contributed by atoms with Crippen molar-refractivity contribution in [2.45, 2.75) is 18.4 Å². The van der Waals surface area contributed by atoms with Crippen LogP contribution in [0.2, 0.25) is 0 Å². The van der Waals surface area contributed by atoms with Gasteiger partial charge < -0.3 is 24.8 Å². The third-order valence-corrected chi connectivity index (χ3v) is 3.77. The van der Waals surface area contributed by atoms with Gasteiger partial charge in [-0.25, -0.2) is 0 Å². The minimum Gasteiger partial charge on any atom is -0.493 e. The molecule has 118 valence electrons. The van der Waals surface area contributed by atoms with E-state index in [-0.39, 0.29) is 12.2 Å². The van der Waals surface area contributed by atoms with Gasteiger partial charge in [0.05, 0.1) is 26.0 Å². The lowest BCUT2D eigenvalue weighted by Crippen LogP contribution is -2.29. The molecule has 2 aliphatic rings. The fourth-order valence-corrected chi connectivity index (χ4v) is 2.59. The van der Waals surface area contributed by atoms with Crippen LogP contribution in [0.3, 0.4) is 0 Å². The van der Waals surface area contributed by atoms with Crippen molar-refractivity contribution in [3.63, 3.8) is 0 Å². The number of benzene rings is 1. The number of amides is 1. The van der Waals surface area contributed by atoms with Crippen molar-refractivity contribution in [2.75, 3.05) is 26.9 Å². The number of oxime groups is 1. The number of nitrogens with two attached hydrogens (primary N) is 1. The first-order valence-electron chi connectivity index (χ1n) is 7.04. The normalized spacial score (nSPS) is 23.2. The Morgan fingerprint density at radius 2 is 2.32 bits per heavy atom. The largest absolute Gasteiger partial charge is 0.493 e. The van der Waals surface area contributed by atoms with Crippen molar-refractivity contribution in [3.8, 4) is 11.5 Å². The van der Waals surface area contributed by atoms with E-state index >= 15 is 0 Å². The standard InChI is InChI=1S/C15H18N2O5/c1-19-12-3-2-10(6-13(12)21-8-14(16)18)11-7-15(22-17-11)4-5-20-9-15/h2-3,6H,4-5,7-9H2,1H3,(H2,16,18). The number of carbonyl (C=O) groups is 1. The quantitative estimate of drug-likeness (QED) is 0.870. The molecule has 1 aromatic rings. The summed E-state index contributed by atoms with van der Waals surface area (Å²) in [6, 6.07) is 5.43. The van der Waals surface area contributed by atoms with Crippen LogP contribution in [0, 0.1) is 0 Å². The molecule has 7 heteroatoms. The Balaban J connectivity index is 1.79. The fraction of sp³-hybridized carbons (Fsp3) is 0.467. The molecule has 1 saturated heterocycles. The highest BCUT2D eigenvalue weighted by molar-refractivity contribution is 6.02. The van der Waals surface area contributed by atoms with Gasteiger partial charge in [-0.05, 0) is 18.2 Å². The molecule has 1 amide bonds. The third kappa shape index (κ3) is 2.85. The molecule has 1 unspecified atom stereocenters. The predicted octanol–water partition coefficient (Wildman–Crippen LogP) is 0.843. The van der Waals surface area contributed by atoms with Gasteiger partial charge in [-0.1, -0.05) is 5.16 Å². The maximum Gasteiger partial charge on any atom is 0.255 e. The molecule has 7 nitrogen and oxygen atoms in total. The zero-order chi connectivity index (χ0) is 15.6. The Labute approximate surface area is 128 Å². The van der Waals surface area contributed by atoms with E-state index in [4.69, 9.17) is 24.8 Å². The van der Waals surface area contributed by atoms with Gasteiger partial charge in [0, 0.05) is 18.4 Å². The highest BCUT2D eigenvalue weighted by atomic mass is 16.7. The number of ether oxygens (including phenoxy) is 3. The van der Waals surface area contributed by atoms with Gasteiger partial charge in [-0.3, -0.25) is 4.79 Å². The van der Waals surface area contributed by atoms with Gasteiger partial charge in [-0.2, -0.15) is 0 Å². The van der Waals surface area contributed by atoms with Crippen LogP contribution >= 0.6 is 0 Å². The minimum atomic E-state index is -0.545. The number of nitrogens with zero attached hydrogens (tertiary/aromatic N) is 1. The number of rotatable bonds is 5. The lowest BCUT2D eigenvalue weighted by atomic mass is 9.93. The predicted molar refractivity (Wildman–Crippen MR) is 78.1 cm³/mol. The van der Waals surface area contributed by atoms with Crippen molar-refractivity contribution in [3.05, 3.63) is 23.8 Å². The van der Waals surface area contributed by atoms with Crippen molar-refractivity contribution >= 4 is 11.6 Å². The number of primary amides is 1. The molecule has 22 heavy (non-hydrogen) atoms. The molecule has 0 bridgehead atoms. The molecule has 2 heterocycles. The molecule has 3 rings (SSSR count). The summed E-state index contributed by atoms with van der Waals surface area (Å²) in [5.74, 6) is 0.435. The summed E-state index contributed by atoms with van der Waals surface area (Å²) in [7, 11) is 1.53. The lowest BCUT2D eigenvalue weighted by Gasteiger charge is -2.17. The molecule has 0 saturated carbocycles. The monoisotopic (exact) mass is 306 g/mol. The van der Waals surface area contributed by atoms with Crippen LogP contribution in [-0.2, 0) is 14.4 Å². The Hall–Kier alpha value is -2.28. The van der Waals surface area contributed by atoms with E-state index in [1.807, 2.05) is 6.07 Å². The molecular weight excluding hydrogens is 288 g/mol. The summed E-state index contributed by atoms with van der Waals surface area (Å²) >= 11 is 0. The molecule has 0 aromatic heterocycles. The number of hydrogen-bond donors (Lipinski definition) is 1. The van der Waals surface area contributed by atoms with E-state index in [9.17, 15) is 4.79 Å². The maximum absolute atomic E-state index is 10.9. The SMILES string of the molecule is COc1ccc(C2=NOC3(CCOC3)C2)cc1OCC(N)=O. The van der Waals surface area contributed by atoms with E-state index in [1.165, 1.54) is 7.11 Å². The first-order valence-corrected chi connectivity index (χ1v) is 7.04. The zero-order valence-corrected chi connectivity index (χ0v) is 12.3. The zero-order valence-electron chi connectivity index (χ0n) is 12.3. The van der Waals surface area contributed by atoms with Crippen molar-refractivity contribution in [2.24, 2.45) is 10.9 Å². The second kappa shape index (κ2) is 5.84. The highest BCUT2D eigenvalue weighted by Gasteiger charge is 2.43. The smallest absolute Gasteiger partial charge is 0.255 e. The van der Waals surface area contributed by atoms with Crippen LogP contribution in [0.5, 0.6) is 11.5 Å². The number of methoxy groups -OCH3 is 1.